The van der Waals surface area contributed by atoms with Crippen LogP contribution in [0.5, 0.6) is 5.75 Å². The zero-order valence-corrected chi connectivity index (χ0v) is 14.9. The van der Waals surface area contributed by atoms with Crippen LogP contribution < -0.4 is 15.4 Å². The molecule has 2 saturated carbocycles. The summed E-state index contributed by atoms with van der Waals surface area (Å²) in [6.45, 7) is 0.489. The van der Waals surface area contributed by atoms with E-state index in [2.05, 4.69) is 10.6 Å². The van der Waals surface area contributed by atoms with Gasteiger partial charge in [-0.2, -0.15) is 0 Å². The van der Waals surface area contributed by atoms with Crippen LogP contribution in [0.2, 0.25) is 0 Å². The molecule has 2 aliphatic rings. The van der Waals surface area contributed by atoms with Crippen molar-refractivity contribution >= 4 is 6.03 Å². The molecule has 5 heteroatoms. The monoisotopic (exact) mass is 346 g/mol. The van der Waals surface area contributed by atoms with Crippen molar-refractivity contribution in [3.8, 4) is 5.75 Å². The lowest BCUT2D eigenvalue weighted by atomic mass is 9.93. The van der Waals surface area contributed by atoms with Gasteiger partial charge < -0.3 is 20.5 Å². The Kier molecular flexibility index (Phi) is 6.56. The Labute approximate surface area is 150 Å². The minimum atomic E-state index is -0.201. The molecule has 0 radical (unpaired) electrons. The second-order valence-corrected chi connectivity index (χ2v) is 7.36. The zero-order chi connectivity index (χ0) is 17.5. The van der Waals surface area contributed by atoms with E-state index in [1.807, 2.05) is 24.3 Å². The molecule has 3 rings (SSSR count). The third-order valence-corrected chi connectivity index (χ3v) is 5.24. The van der Waals surface area contributed by atoms with E-state index < -0.39 is 0 Å². The molecule has 0 spiro atoms. The third-order valence-electron chi connectivity index (χ3n) is 5.24. The van der Waals surface area contributed by atoms with Crippen LogP contribution in [0.1, 0.15) is 63.4 Å². The largest absolute Gasteiger partial charge is 0.490 e. The quantitative estimate of drug-likeness (QED) is 0.764. The van der Waals surface area contributed by atoms with Crippen molar-refractivity contribution in [2.75, 3.05) is 0 Å². The fraction of sp³-hybridized carbons (Fsp3) is 0.650. The summed E-state index contributed by atoms with van der Waals surface area (Å²) in [5, 5.41) is 15.4. The van der Waals surface area contributed by atoms with Gasteiger partial charge in [-0.15, -0.1) is 0 Å². The molecule has 1 aromatic carbocycles. The van der Waals surface area contributed by atoms with Crippen molar-refractivity contribution in [1.29, 1.82) is 0 Å². The summed E-state index contributed by atoms with van der Waals surface area (Å²) in [5.41, 5.74) is 1.04. The highest BCUT2D eigenvalue weighted by atomic mass is 16.5. The van der Waals surface area contributed by atoms with Gasteiger partial charge in [0.2, 0.25) is 0 Å². The van der Waals surface area contributed by atoms with Crippen molar-refractivity contribution in [3.05, 3.63) is 29.8 Å². The van der Waals surface area contributed by atoms with Gasteiger partial charge >= 0.3 is 6.03 Å². The number of hydrogen-bond donors (Lipinski definition) is 3. The molecule has 0 atom stereocenters. The average molecular weight is 346 g/mol. The van der Waals surface area contributed by atoms with E-state index >= 15 is 0 Å². The van der Waals surface area contributed by atoms with Crippen LogP contribution in [0.4, 0.5) is 4.79 Å². The predicted molar refractivity (Wildman–Crippen MR) is 97.6 cm³/mol. The fourth-order valence-electron chi connectivity index (χ4n) is 3.74. The molecule has 0 heterocycles. The zero-order valence-electron chi connectivity index (χ0n) is 14.9. The van der Waals surface area contributed by atoms with Gasteiger partial charge in [0.25, 0.3) is 0 Å². The first kappa shape index (κ1) is 18.1. The van der Waals surface area contributed by atoms with Crippen LogP contribution in [0.15, 0.2) is 24.3 Å². The van der Waals surface area contributed by atoms with Crippen molar-refractivity contribution in [2.45, 2.75) is 82.6 Å². The van der Waals surface area contributed by atoms with Gasteiger partial charge in [0, 0.05) is 12.6 Å². The van der Waals surface area contributed by atoms with Crippen molar-refractivity contribution < 1.29 is 14.6 Å². The summed E-state index contributed by atoms with van der Waals surface area (Å²) in [7, 11) is 0. The second-order valence-electron chi connectivity index (χ2n) is 7.36. The Balaban J connectivity index is 1.43. The topological polar surface area (TPSA) is 70.6 Å². The van der Waals surface area contributed by atoms with E-state index in [9.17, 15) is 9.90 Å². The standard InChI is InChI=1S/C20H30N2O3/c23-17-11-9-16(10-12-17)22-20(24)21-14-15-5-4-8-19(13-15)25-18-6-2-1-3-7-18/h4-5,8,13,16-18,23H,1-3,6-7,9-12,14H2,(H2,21,22,24). The molecule has 0 bridgehead atoms. The Morgan fingerprint density at radius 1 is 1.08 bits per heavy atom. The van der Waals surface area contributed by atoms with Crippen molar-refractivity contribution in [3.63, 3.8) is 0 Å². The minimum absolute atomic E-state index is 0.139. The number of aliphatic hydroxyl groups excluding tert-OH is 1. The molecule has 0 aromatic heterocycles. The van der Waals surface area contributed by atoms with E-state index in [1.54, 1.807) is 0 Å². The fourth-order valence-corrected chi connectivity index (χ4v) is 3.74. The SMILES string of the molecule is O=C(NCc1cccc(OC2CCCCC2)c1)NC1CCC(O)CC1. The third kappa shape index (κ3) is 5.92. The van der Waals surface area contributed by atoms with Gasteiger partial charge in [-0.25, -0.2) is 4.79 Å². The van der Waals surface area contributed by atoms with Crippen LogP contribution in [0.25, 0.3) is 0 Å². The predicted octanol–water partition coefficient (Wildman–Crippen LogP) is 3.50. The van der Waals surface area contributed by atoms with E-state index in [0.717, 1.165) is 49.8 Å². The van der Waals surface area contributed by atoms with Gasteiger partial charge in [0.15, 0.2) is 0 Å². The van der Waals surface area contributed by atoms with E-state index in [-0.39, 0.29) is 18.2 Å². The van der Waals surface area contributed by atoms with Crippen LogP contribution in [0, 0.1) is 0 Å². The molecule has 3 N–H and O–H groups in total. The molecule has 0 aliphatic heterocycles. The highest BCUT2D eigenvalue weighted by molar-refractivity contribution is 5.74. The van der Waals surface area contributed by atoms with Crippen LogP contribution in [-0.2, 0) is 6.54 Å². The number of ether oxygens (including phenoxy) is 1. The average Bonchev–Trinajstić information content (AvgIpc) is 2.63. The molecule has 1 aromatic rings. The first-order valence-electron chi connectivity index (χ1n) is 9.67. The van der Waals surface area contributed by atoms with Crippen LogP contribution in [-0.4, -0.2) is 29.4 Å². The smallest absolute Gasteiger partial charge is 0.315 e. The minimum Gasteiger partial charge on any atom is -0.490 e. The molecule has 2 fully saturated rings. The number of carbonyl (C=O) groups excluding carboxylic acids is 1. The van der Waals surface area contributed by atoms with Gasteiger partial charge in [-0.3, -0.25) is 0 Å². The molecule has 138 valence electrons. The number of benzene rings is 1. The van der Waals surface area contributed by atoms with E-state index in [1.165, 1.54) is 19.3 Å². The first-order valence-corrected chi connectivity index (χ1v) is 9.67. The van der Waals surface area contributed by atoms with Crippen LogP contribution in [0.3, 0.4) is 0 Å². The lowest BCUT2D eigenvalue weighted by molar-refractivity contribution is 0.117. The number of hydrogen-bond acceptors (Lipinski definition) is 3. The number of rotatable bonds is 5. The number of aliphatic hydroxyl groups is 1. The van der Waals surface area contributed by atoms with E-state index in [4.69, 9.17) is 4.74 Å². The highest BCUT2D eigenvalue weighted by Gasteiger charge is 2.20. The molecule has 0 saturated heterocycles. The van der Waals surface area contributed by atoms with Gasteiger partial charge in [-0.1, -0.05) is 18.6 Å². The normalized spacial score (nSPS) is 24.5. The molecule has 2 aliphatic carbocycles. The maximum Gasteiger partial charge on any atom is 0.315 e. The van der Waals surface area contributed by atoms with Gasteiger partial charge in [0.1, 0.15) is 5.75 Å². The molecular weight excluding hydrogens is 316 g/mol. The number of carbonyl (C=O) groups is 1. The van der Waals surface area contributed by atoms with Gasteiger partial charge in [0.05, 0.1) is 12.2 Å². The lowest BCUT2D eigenvalue weighted by Gasteiger charge is -2.26. The maximum absolute atomic E-state index is 12.1. The summed E-state index contributed by atoms with van der Waals surface area (Å²) >= 11 is 0. The Morgan fingerprint density at radius 2 is 1.84 bits per heavy atom. The summed E-state index contributed by atoms with van der Waals surface area (Å²) in [6.07, 6.45) is 9.47. The second kappa shape index (κ2) is 9.09. The van der Waals surface area contributed by atoms with Crippen molar-refractivity contribution in [2.24, 2.45) is 0 Å². The lowest BCUT2D eigenvalue weighted by Crippen LogP contribution is -2.43. The van der Waals surface area contributed by atoms with Crippen LogP contribution >= 0.6 is 0 Å². The molecule has 5 nitrogen and oxygen atoms in total. The molecule has 0 unspecified atom stereocenters. The van der Waals surface area contributed by atoms with Crippen molar-refractivity contribution in [1.82, 2.24) is 10.6 Å². The Morgan fingerprint density at radius 3 is 2.60 bits per heavy atom. The molecule has 2 amide bonds. The summed E-state index contributed by atoms with van der Waals surface area (Å²) in [4.78, 5) is 12.1. The number of nitrogens with one attached hydrogen (secondary N) is 2. The first-order chi connectivity index (χ1) is 12.2. The Hall–Kier alpha value is -1.75. The molecular formula is C20H30N2O3. The summed E-state index contributed by atoms with van der Waals surface area (Å²) < 4.78 is 6.08. The van der Waals surface area contributed by atoms with Gasteiger partial charge in [-0.05, 0) is 69.1 Å². The number of urea groups is 1. The summed E-state index contributed by atoms with van der Waals surface area (Å²) in [6, 6.07) is 8.03. The highest BCUT2D eigenvalue weighted by Crippen LogP contribution is 2.24. The van der Waals surface area contributed by atoms with E-state index in [0.29, 0.717) is 12.6 Å². The summed E-state index contributed by atoms with van der Waals surface area (Å²) in [5.74, 6) is 0.896. The maximum atomic E-state index is 12.1. The number of amides is 2. The Bertz CT molecular complexity index is 550. The molecule has 25 heavy (non-hydrogen) atoms.